The lowest BCUT2D eigenvalue weighted by Crippen LogP contribution is -2.65. The Morgan fingerprint density at radius 2 is 1.78 bits per heavy atom. The second-order valence-electron chi connectivity index (χ2n) is 18.0. The van der Waals surface area contributed by atoms with Gasteiger partial charge in [0.1, 0.15) is 36.8 Å². The van der Waals surface area contributed by atoms with E-state index < -0.39 is 93.2 Å². The maximum atomic E-state index is 15.2. The molecule has 2 saturated heterocycles. The molecular formula is C39H61N8O14P2Si2+. The molecule has 3 fully saturated rings. The molecule has 1 aliphatic carbocycles. The molecule has 3 aliphatic rings. The van der Waals surface area contributed by atoms with Crippen LogP contribution in [0.1, 0.15) is 94.7 Å². The summed E-state index contributed by atoms with van der Waals surface area (Å²) in [5.41, 5.74) is -1.000. The van der Waals surface area contributed by atoms with Crippen LogP contribution in [0.5, 0.6) is 5.88 Å². The number of nitrogens with one attached hydrogen (secondary N) is 2. The number of aromatic amines is 1. The number of hydrogen-bond donors (Lipinski definition) is 3. The van der Waals surface area contributed by atoms with Crippen molar-refractivity contribution in [3.8, 4) is 11.9 Å². The first-order valence-corrected chi connectivity index (χ1v) is 28.4. The molecule has 65 heavy (non-hydrogen) atoms. The van der Waals surface area contributed by atoms with Crippen molar-refractivity contribution in [3.63, 3.8) is 0 Å². The largest absolute Gasteiger partial charge is 0.695 e. The molecule has 3 aromatic rings. The molecule has 358 valence electrons. The lowest BCUT2D eigenvalue weighted by Gasteiger charge is -2.51. The van der Waals surface area contributed by atoms with Crippen LogP contribution in [-0.2, 0) is 49.7 Å². The van der Waals surface area contributed by atoms with Crippen LogP contribution in [-0.4, -0.2) is 108 Å². The molecule has 3 aromatic heterocycles. The van der Waals surface area contributed by atoms with Crippen molar-refractivity contribution in [2.24, 2.45) is 11.8 Å². The molecule has 26 heteroatoms. The average Bonchev–Trinajstić information content (AvgIpc) is 3.91. The number of carbonyl (C=O) groups is 1. The number of hydrogen-bond acceptors (Lipinski definition) is 18. The SMILES string of the molecule is CC(C)C(=O)Nc1nc2c(ncn2[C@H]2O[C@H]3CO[Si](C(C)C)(C(C)C)O[Si](C(C)C)(C(C)C)O[C@@H]3[C@@H]2OP(=O)(OCCC#N)OC[C@@H]2C[C@H](Oc3ccncn3)C[C@H]2O[P+](=O)O)c(=O)[nH]1. The summed E-state index contributed by atoms with van der Waals surface area (Å²) >= 11 is 0. The average molecular weight is 984 g/mol. The van der Waals surface area contributed by atoms with E-state index in [1.54, 1.807) is 19.9 Å². The molecule has 2 aliphatic heterocycles. The van der Waals surface area contributed by atoms with E-state index in [0.717, 1.165) is 0 Å². The zero-order valence-corrected chi connectivity index (χ0v) is 42.1. The fraction of sp³-hybridized carbons (Fsp3) is 0.718. The second-order valence-corrected chi connectivity index (χ2v) is 29.1. The normalized spacial score (nSPS) is 26.6. The Kier molecular flexibility index (Phi) is 16.7. The second kappa shape index (κ2) is 21.3. The number of phosphoric ester groups is 1. The zero-order valence-electron chi connectivity index (χ0n) is 38.3. The molecule has 6 rings (SSSR count). The minimum atomic E-state index is -4.78. The monoisotopic (exact) mass is 983 g/mol. The summed E-state index contributed by atoms with van der Waals surface area (Å²) in [7, 11) is -14.3. The van der Waals surface area contributed by atoms with Gasteiger partial charge in [-0.15, -0.1) is 9.42 Å². The van der Waals surface area contributed by atoms with Gasteiger partial charge >= 0.3 is 33.2 Å². The number of ether oxygens (including phenoxy) is 2. The summed E-state index contributed by atoms with van der Waals surface area (Å²) in [5.74, 6) is -1.35. The minimum Gasteiger partial charge on any atom is -0.474 e. The third kappa shape index (κ3) is 11.3. The lowest BCUT2D eigenvalue weighted by atomic mass is 10.1. The molecule has 0 spiro atoms. The number of aromatic nitrogens is 6. The van der Waals surface area contributed by atoms with Crippen LogP contribution in [0, 0.1) is 23.2 Å². The third-order valence-corrected chi connectivity index (χ3v) is 24.1. The van der Waals surface area contributed by atoms with Gasteiger partial charge in [0.25, 0.3) is 5.56 Å². The van der Waals surface area contributed by atoms with Crippen LogP contribution >= 0.6 is 16.1 Å². The summed E-state index contributed by atoms with van der Waals surface area (Å²) < 4.78 is 87.3. The Morgan fingerprint density at radius 1 is 1.08 bits per heavy atom. The summed E-state index contributed by atoms with van der Waals surface area (Å²) in [4.78, 5) is 55.4. The molecule has 0 bridgehead atoms. The van der Waals surface area contributed by atoms with Gasteiger partial charge in [-0.25, -0.2) is 19.5 Å². The first-order valence-electron chi connectivity index (χ1n) is 21.9. The first-order chi connectivity index (χ1) is 30.7. The number of rotatable bonds is 19. The number of H-pyrrole nitrogens is 1. The molecule has 5 heterocycles. The van der Waals surface area contributed by atoms with Gasteiger partial charge in [-0.05, 0) is 28.6 Å². The molecule has 22 nitrogen and oxygen atoms in total. The summed E-state index contributed by atoms with van der Waals surface area (Å²) in [5, 5.41) is 12.1. The van der Waals surface area contributed by atoms with Gasteiger partial charge in [0, 0.05) is 35.1 Å². The van der Waals surface area contributed by atoms with E-state index in [2.05, 4.69) is 57.9 Å². The Morgan fingerprint density at radius 3 is 2.40 bits per heavy atom. The highest BCUT2D eigenvalue weighted by Gasteiger charge is 2.63. The number of fused-ring (bicyclic) bond motifs is 2. The summed E-state index contributed by atoms with van der Waals surface area (Å²) in [6, 6.07) is 3.54. The summed E-state index contributed by atoms with van der Waals surface area (Å²) in [6.07, 6.45) is -1.64. The molecular weight excluding hydrogens is 923 g/mol. The van der Waals surface area contributed by atoms with Gasteiger partial charge in [0.05, 0.1) is 38.6 Å². The Hall–Kier alpha value is -3.41. The predicted molar refractivity (Wildman–Crippen MR) is 238 cm³/mol. The fourth-order valence-electron chi connectivity index (χ4n) is 8.60. The minimum absolute atomic E-state index is 0.00194. The van der Waals surface area contributed by atoms with Crippen molar-refractivity contribution in [1.82, 2.24) is 29.5 Å². The highest BCUT2D eigenvalue weighted by molar-refractivity contribution is 7.48. The Balaban J connectivity index is 1.44. The van der Waals surface area contributed by atoms with E-state index in [1.807, 2.05) is 33.8 Å². The van der Waals surface area contributed by atoms with E-state index in [9.17, 15) is 24.3 Å². The van der Waals surface area contributed by atoms with Crippen molar-refractivity contribution in [1.29, 1.82) is 5.26 Å². The van der Waals surface area contributed by atoms with Crippen LogP contribution in [0.4, 0.5) is 5.95 Å². The molecule has 0 radical (unpaired) electrons. The molecule has 1 amide bonds. The number of nitriles is 1. The fourth-order valence-corrected chi connectivity index (χ4v) is 21.7. The highest BCUT2D eigenvalue weighted by atomic mass is 31.2. The smallest absolute Gasteiger partial charge is 0.474 e. The third-order valence-electron chi connectivity index (χ3n) is 11.9. The van der Waals surface area contributed by atoms with Crippen LogP contribution in [0.3, 0.4) is 0 Å². The maximum Gasteiger partial charge on any atom is 0.695 e. The molecule has 0 aromatic carbocycles. The van der Waals surface area contributed by atoms with Gasteiger partial charge in [-0.1, -0.05) is 69.2 Å². The van der Waals surface area contributed by atoms with E-state index >= 15 is 4.57 Å². The van der Waals surface area contributed by atoms with Gasteiger partial charge in [0.15, 0.2) is 17.4 Å². The zero-order chi connectivity index (χ0) is 47.4. The molecule has 3 N–H and O–H groups in total. The molecule has 9 atom stereocenters. The standard InChI is InChI=1S/C39H60N8O14P2Si2/c1-22(2)36(48)45-39-44-35-32(37(49)46-39)43-21-47(35)38-34(33-30(57-38)19-55-64(23(3)4,24(5)6)61-65(60-33,25(7)8)26(9)10)59-63(52,53-15-11-13-40)54-18-27-16-28(17-29(27)58-62(50)51)56-31-12-14-41-20-42-31/h12,14,20-30,33-34,38H,11,15-19H2,1-10H3,(H2-,44,45,46,48,49,50,51)/p+1/t27-,28-,29+,30-,33-,34-,38-,63?/m0/s1. The van der Waals surface area contributed by atoms with Crippen LogP contribution in [0.2, 0.25) is 22.2 Å². The van der Waals surface area contributed by atoms with E-state index in [0.29, 0.717) is 0 Å². The van der Waals surface area contributed by atoms with E-state index in [1.165, 1.54) is 23.4 Å². The first kappa shape index (κ1) is 51.0. The van der Waals surface area contributed by atoms with E-state index in [-0.39, 0.29) is 84.2 Å². The number of anilines is 1. The van der Waals surface area contributed by atoms with Crippen molar-refractivity contribution in [3.05, 3.63) is 35.3 Å². The number of carbonyl (C=O) groups excluding carboxylic acids is 1. The Bertz CT molecular complexity index is 2270. The number of imidazole rings is 1. The van der Waals surface area contributed by atoms with Crippen molar-refractivity contribution >= 4 is 56.2 Å². The van der Waals surface area contributed by atoms with Gasteiger partial charge in [-0.3, -0.25) is 38.0 Å². The predicted octanol–water partition coefficient (Wildman–Crippen LogP) is 6.69. The topological polar surface area (TPSA) is 280 Å². The van der Waals surface area contributed by atoms with E-state index in [4.69, 9.17) is 40.5 Å². The highest BCUT2D eigenvalue weighted by Crippen LogP contribution is 2.57. The molecule has 2 unspecified atom stereocenters. The number of nitrogens with zero attached hydrogens (tertiary/aromatic N) is 6. The maximum absolute atomic E-state index is 15.2. The molecule has 1 saturated carbocycles. The van der Waals surface area contributed by atoms with Crippen molar-refractivity contribution < 1.29 is 59.4 Å². The summed E-state index contributed by atoms with van der Waals surface area (Å²) in [6.45, 7) is 19.1. The lowest BCUT2D eigenvalue weighted by molar-refractivity contribution is -0.118. The Labute approximate surface area is 380 Å². The quantitative estimate of drug-likeness (QED) is 0.0640. The van der Waals surface area contributed by atoms with Crippen LogP contribution < -0.4 is 15.6 Å². The van der Waals surface area contributed by atoms with Gasteiger partial charge < -0.3 is 22.4 Å². The van der Waals surface area contributed by atoms with Crippen molar-refractivity contribution in [2.45, 2.75) is 147 Å². The van der Waals surface area contributed by atoms with Crippen LogP contribution in [0.15, 0.2) is 29.7 Å². The van der Waals surface area contributed by atoms with Crippen molar-refractivity contribution in [2.75, 3.05) is 25.1 Å². The van der Waals surface area contributed by atoms with Crippen LogP contribution in [0.25, 0.3) is 11.2 Å². The van der Waals surface area contributed by atoms with Gasteiger partial charge in [0.2, 0.25) is 17.7 Å². The van der Waals surface area contributed by atoms with Gasteiger partial charge in [-0.2, -0.15) is 10.2 Å². The number of amides is 1. The number of phosphoric acid groups is 1.